The van der Waals surface area contributed by atoms with Crippen molar-refractivity contribution in [3.05, 3.63) is 34.6 Å². The number of nitrogens with zero attached hydrogens (tertiary/aromatic N) is 5. The van der Waals surface area contributed by atoms with Crippen LogP contribution in [0.4, 0.5) is 23.1 Å². The fourth-order valence-electron chi connectivity index (χ4n) is 3.28. The van der Waals surface area contributed by atoms with Crippen LogP contribution in [-0.2, 0) is 0 Å². The minimum absolute atomic E-state index is 0.0734. The molecule has 0 saturated heterocycles. The summed E-state index contributed by atoms with van der Waals surface area (Å²) in [6.45, 7) is 0. The van der Waals surface area contributed by atoms with Gasteiger partial charge in [0.1, 0.15) is 11.9 Å². The summed E-state index contributed by atoms with van der Waals surface area (Å²) in [6.07, 6.45) is 6.85. The molecule has 10 heteroatoms. The van der Waals surface area contributed by atoms with Gasteiger partial charge in [-0.15, -0.1) is 0 Å². The van der Waals surface area contributed by atoms with Crippen LogP contribution >= 0.6 is 0 Å². The lowest BCUT2D eigenvalue weighted by Crippen LogP contribution is -2.27. The van der Waals surface area contributed by atoms with Gasteiger partial charge in [0, 0.05) is 18.7 Å². The molecule has 146 valence electrons. The van der Waals surface area contributed by atoms with E-state index in [2.05, 4.69) is 31.7 Å². The molecule has 0 aliphatic heterocycles. The van der Waals surface area contributed by atoms with Crippen molar-refractivity contribution in [2.45, 2.75) is 38.1 Å². The van der Waals surface area contributed by atoms with Crippen LogP contribution in [-0.4, -0.2) is 33.0 Å². The van der Waals surface area contributed by atoms with Crippen LogP contribution < -0.4 is 15.4 Å². The van der Waals surface area contributed by atoms with Crippen LogP contribution in [0.1, 0.15) is 32.1 Å². The van der Waals surface area contributed by atoms with Crippen molar-refractivity contribution in [3.8, 4) is 11.9 Å². The first-order valence-electron chi connectivity index (χ1n) is 9.01. The zero-order chi connectivity index (χ0) is 19.9. The van der Waals surface area contributed by atoms with E-state index in [1.54, 1.807) is 18.3 Å². The third-order valence-electron chi connectivity index (χ3n) is 4.74. The zero-order valence-electron chi connectivity index (χ0n) is 15.5. The van der Waals surface area contributed by atoms with E-state index in [1.807, 2.05) is 0 Å². The first kappa shape index (κ1) is 19.3. The Hall–Kier alpha value is -3.48. The number of rotatable bonds is 7. The van der Waals surface area contributed by atoms with Crippen LogP contribution in [0.15, 0.2) is 24.5 Å². The number of methoxy groups -OCH3 is 1. The standard InChI is InChI=1S/C18H21N7O3/c1-28-17-14(3-2-10-20-17)23-18-21-11-15(25(26)27)16(24-18)22-13-6-4-12(5-7-13)8-9-19/h2-3,10-13H,4-8H2,1H3,(H2,21,22,23,24)/t12-,13-. The summed E-state index contributed by atoms with van der Waals surface area (Å²) in [5, 5.41) is 26.4. The van der Waals surface area contributed by atoms with E-state index in [0.717, 1.165) is 25.7 Å². The molecular weight excluding hydrogens is 362 g/mol. The molecule has 2 N–H and O–H groups in total. The molecular formula is C18H21N7O3. The number of aromatic nitrogens is 3. The Bertz CT molecular complexity index is 876. The Morgan fingerprint density at radius 1 is 1.36 bits per heavy atom. The Morgan fingerprint density at radius 3 is 2.82 bits per heavy atom. The first-order chi connectivity index (χ1) is 13.6. The number of nitriles is 1. The quantitative estimate of drug-likeness (QED) is 0.543. The highest BCUT2D eigenvalue weighted by molar-refractivity contribution is 5.63. The molecule has 0 unspecified atom stereocenters. The molecule has 2 heterocycles. The minimum Gasteiger partial charge on any atom is -0.480 e. The fraction of sp³-hybridized carbons (Fsp3) is 0.444. The van der Waals surface area contributed by atoms with Gasteiger partial charge in [-0.3, -0.25) is 10.1 Å². The SMILES string of the molecule is COc1ncccc1Nc1ncc([N+](=O)[O-])c(N[C@H]2CC[C@H](CC#N)CC2)n1. The van der Waals surface area contributed by atoms with Crippen molar-refractivity contribution in [2.75, 3.05) is 17.7 Å². The first-order valence-corrected chi connectivity index (χ1v) is 9.01. The summed E-state index contributed by atoms with van der Waals surface area (Å²) >= 11 is 0. The molecule has 2 aromatic rings. The molecule has 2 aromatic heterocycles. The molecule has 1 aliphatic rings. The smallest absolute Gasteiger partial charge is 0.329 e. The van der Waals surface area contributed by atoms with Crippen molar-refractivity contribution in [2.24, 2.45) is 5.92 Å². The lowest BCUT2D eigenvalue weighted by molar-refractivity contribution is -0.384. The third kappa shape index (κ3) is 4.62. The molecule has 10 nitrogen and oxygen atoms in total. The normalized spacial score (nSPS) is 18.7. The van der Waals surface area contributed by atoms with E-state index in [9.17, 15) is 10.1 Å². The second-order valence-corrected chi connectivity index (χ2v) is 6.59. The average molecular weight is 383 g/mol. The number of anilines is 3. The van der Waals surface area contributed by atoms with Gasteiger partial charge in [-0.2, -0.15) is 10.2 Å². The van der Waals surface area contributed by atoms with Gasteiger partial charge in [0.05, 0.1) is 18.1 Å². The van der Waals surface area contributed by atoms with Gasteiger partial charge in [-0.05, 0) is 43.7 Å². The van der Waals surface area contributed by atoms with Crippen LogP contribution in [0.5, 0.6) is 5.88 Å². The minimum atomic E-state index is -0.502. The zero-order valence-corrected chi connectivity index (χ0v) is 15.5. The summed E-state index contributed by atoms with van der Waals surface area (Å²) in [7, 11) is 1.50. The summed E-state index contributed by atoms with van der Waals surface area (Å²) in [4.78, 5) is 23.3. The summed E-state index contributed by atoms with van der Waals surface area (Å²) < 4.78 is 5.19. The predicted molar refractivity (Wildman–Crippen MR) is 102 cm³/mol. The Labute approximate surface area is 162 Å². The highest BCUT2D eigenvalue weighted by atomic mass is 16.6. The molecule has 28 heavy (non-hydrogen) atoms. The molecule has 0 radical (unpaired) electrons. The second kappa shape index (κ2) is 8.94. The number of hydrogen-bond donors (Lipinski definition) is 2. The molecule has 0 aromatic carbocycles. The van der Waals surface area contributed by atoms with E-state index in [-0.39, 0.29) is 23.5 Å². The Kier molecular flexibility index (Phi) is 6.16. The monoisotopic (exact) mass is 383 g/mol. The highest BCUT2D eigenvalue weighted by Crippen LogP contribution is 2.31. The lowest BCUT2D eigenvalue weighted by atomic mass is 9.84. The number of pyridine rings is 1. The molecule has 1 aliphatic carbocycles. The molecule has 0 spiro atoms. The van der Waals surface area contributed by atoms with Gasteiger partial charge >= 0.3 is 5.69 Å². The predicted octanol–water partition coefficient (Wildman–Crippen LogP) is 3.42. The number of nitro groups is 1. The van der Waals surface area contributed by atoms with Crippen LogP contribution in [0, 0.1) is 27.4 Å². The van der Waals surface area contributed by atoms with E-state index >= 15 is 0 Å². The number of ether oxygens (including phenoxy) is 1. The van der Waals surface area contributed by atoms with Crippen molar-refractivity contribution < 1.29 is 9.66 Å². The number of nitrogens with one attached hydrogen (secondary N) is 2. The Balaban J connectivity index is 1.77. The molecule has 0 atom stereocenters. The van der Waals surface area contributed by atoms with Crippen molar-refractivity contribution >= 4 is 23.1 Å². The highest BCUT2D eigenvalue weighted by Gasteiger charge is 2.25. The van der Waals surface area contributed by atoms with Gasteiger partial charge in [-0.25, -0.2) is 9.97 Å². The fourth-order valence-corrected chi connectivity index (χ4v) is 3.28. The van der Waals surface area contributed by atoms with E-state index in [1.165, 1.54) is 13.3 Å². The topological polar surface area (TPSA) is 139 Å². The van der Waals surface area contributed by atoms with Crippen LogP contribution in [0.2, 0.25) is 0 Å². The van der Waals surface area contributed by atoms with Gasteiger partial charge < -0.3 is 15.4 Å². The van der Waals surface area contributed by atoms with Gasteiger partial charge in [0.15, 0.2) is 0 Å². The second-order valence-electron chi connectivity index (χ2n) is 6.59. The molecule has 0 amide bonds. The molecule has 3 rings (SSSR count). The van der Waals surface area contributed by atoms with Gasteiger partial charge in [0.25, 0.3) is 0 Å². The van der Waals surface area contributed by atoms with Gasteiger partial charge in [0.2, 0.25) is 17.6 Å². The maximum atomic E-state index is 11.4. The van der Waals surface area contributed by atoms with Crippen molar-refractivity contribution in [1.82, 2.24) is 15.0 Å². The average Bonchev–Trinajstić information content (AvgIpc) is 2.70. The summed E-state index contributed by atoms with van der Waals surface area (Å²) in [6, 6.07) is 5.77. The van der Waals surface area contributed by atoms with Crippen LogP contribution in [0.25, 0.3) is 0 Å². The van der Waals surface area contributed by atoms with Gasteiger partial charge in [-0.1, -0.05) is 0 Å². The summed E-state index contributed by atoms with van der Waals surface area (Å²) in [5.74, 6) is 1.15. The molecule has 1 fully saturated rings. The lowest BCUT2D eigenvalue weighted by Gasteiger charge is -2.28. The largest absolute Gasteiger partial charge is 0.480 e. The van der Waals surface area contributed by atoms with Crippen molar-refractivity contribution in [3.63, 3.8) is 0 Å². The molecule has 0 bridgehead atoms. The van der Waals surface area contributed by atoms with Crippen molar-refractivity contribution in [1.29, 1.82) is 5.26 Å². The summed E-state index contributed by atoms with van der Waals surface area (Å²) in [5.41, 5.74) is 0.379. The van der Waals surface area contributed by atoms with E-state index in [0.29, 0.717) is 23.9 Å². The molecule has 1 saturated carbocycles. The maximum absolute atomic E-state index is 11.4. The van der Waals surface area contributed by atoms with Crippen LogP contribution in [0.3, 0.4) is 0 Å². The van der Waals surface area contributed by atoms with E-state index < -0.39 is 4.92 Å². The van der Waals surface area contributed by atoms with E-state index in [4.69, 9.17) is 10.00 Å². The third-order valence-corrected chi connectivity index (χ3v) is 4.74. The Morgan fingerprint density at radius 2 is 2.14 bits per heavy atom. The maximum Gasteiger partial charge on any atom is 0.329 e. The number of hydrogen-bond acceptors (Lipinski definition) is 9.